The van der Waals surface area contributed by atoms with Gasteiger partial charge in [-0.2, -0.15) is 13.2 Å². The Balaban J connectivity index is 2.63. The standard InChI is InChI=1S/C13H12F3NO2/c1-17(2)11(19)12(13(14,15)16)7-8-5-3-4-6-9(8)10(12)18/h3-6H,7H2,1-2H3. The summed E-state index contributed by atoms with van der Waals surface area (Å²) < 4.78 is 40.1. The van der Waals surface area contributed by atoms with E-state index in [1.165, 1.54) is 32.3 Å². The number of fused-ring (bicyclic) bond motifs is 1. The van der Waals surface area contributed by atoms with E-state index in [-0.39, 0.29) is 11.1 Å². The Kier molecular flexibility index (Phi) is 2.91. The fourth-order valence-corrected chi connectivity index (χ4v) is 2.40. The molecule has 0 spiro atoms. The average Bonchev–Trinajstić information content (AvgIpc) is 2.63. The van der Waals surface area contributed by atoms with Crippen LogP contribution in [0.25, 0.3) is 0 Å². The van der Waals surface area contributed by atoms with Gasteiger partial charge in [0.2, 0.25) is 11.3 Å². The maximum absolute atomic E-state index is 13.4. The minimum Gasteiger partial charge on any atom is -0.348 e. The largest absolute Gasteiger partial charge is 0.410 e. The summed E-state index contributed by atoms with van der Waals surface area (Å²) in [6.45, 7) is 0. The van der Waals surface area contributed by atoms with Crippen molar-refractivity contribution in [3.63, 3.8) is 0 Å². The topological polar surface area (TPSA) is 37.4 Å². The monoisotopic (exact) mass is 271 g/mol. The van der Waals surface area contributed by atoms with Crippen LogP contribution in [0.3, 0.4) is 0 Å². The van der Waals surface area contributed by atoms with Gasteiger partial charge in [-0.1, -0.05) is 24.3 Å². The Labute approximate surface area is 108 Å². The first-order valence-corrected chi connectivity index (χ1v) is 5.63. The van der Waals surface area contributed by atoms with Crippen LogP contribution in [0.15, 0.2) is 24.3 Å². The predicted octanol–water partition coefficient (Wildman–Crippen LogP) is 2.06. The molecule has 1 unspecified atom stereocenters. The zero-order valence-corrected chi connectivity index (χ0v) is 10.4. The van der Waals surface area contributed by atoms with Gasteiger partial charge in [0.15, 0.2) is 5.78 Å². The van der Waals surface area contributed by atoms with Crippen LogP contribution in [0.4, 0.5) is 13.2 Å². The van der Waals surface area contributed by atoms with Gasteiger partial charge in [0.05, 0.1) is 0 Å². The number of nitrogens with zero attached hydrogens (tertiary/aromatic N) is 1. The first-order chi connectivity index (χ1) is 8.72. The van der Waals surface area contributed by atoms with Gasteiger partial charge in [0.25, 0.3) is 0 Å². The van der Waals surface area contributed by atoms with E-state index in [2.05, 4.69) is 0 Å². The lowest BCUT2D eigenvalue weighted by Gasteiger charge is -2.31. The summed E-state index contributed by atoms with van der Waals surface area (Å²) in [4.78, 5) is 24.9. The third-order valence-electron chi connectivity index (χ3n) is 3.36. The molecule has 1 atom stereocenters. The normalized spacial score (nSPS) is 22.3. The Hall–Kier alpha value is -1.85. The van der Waals surface area contributed by atoms with Crippen molar-refractivity contribution in [2.24, 2.45) is 5.41 Å². The second-order valence-electron chi connectivity index (χ2n) is 4.77. The van der Waals surface area contributed by atoms with E-state index in [1.807, 2.05) is 0 Å². The van der Waals surface area contributed by atoms with Crippen LogP contribution < -0.4 is 0 Å². The van der Waals surface area contributed by atoms with E-state index in [9.17, 15) is 22.8 Å². The maximum Gasteiger partial charge on any atom is 0.410 e. The fraction of sp³-hybridized carbons (Fsp3) is 0.385. The summed E-state index contributed by atoms with van der Waals surface area (Å²) >= 11 is 0. The minimum absolute atomic E-state index is 0.0185. The van der Waals surface area contributed by atoms with Gasteiger partial charge in [-0.05, 0) is 5.56 Å². The highest BCUT2D eigenvalue weighted by Gasteiger charge is 2.68. The molecule has 102 valence electrons. The van der Waals surface area contributed by atoms with E-state index in [1.54, 1.807) is 6.07 Å². The molecule has 0 bridgehead atoms. The number of hydrogen-bond donors (Lipinski definition) is 0. The molecule has 2 rings (SSSR count). The fourth-order valence-electron chi connectivity index (χ4n) is 2.40. The third-order valence-corrected chi connectivity index (χ3v) is 3.36. The minimum atomic E-state index is -4.91. The number of Topliss-reactive ketones (excluding diaryl/α,β-unsaturated/α-hetero) is 1. The molecule has 0 heterocycles. The van der Waals surface area contributed by atoms with Gasteiger partial charge < -0.3 is 4.90 Å². The number of carbonyl (C=O) groups is 2. The zero-order chi connectivity index (χ0) is 14.4. The van der Waals surface area contributed by atoms with Crippen molar-refractivity contribution in [2.45, 2.75) is 12.6 Å². The highest BCUT2D eigenvalue weighted by molar-refractivity contribution is 6.17. The van der Waals surface area contributed by atoms with Crippen LogP contribution in [0.5, 0.6) is 0 Å². The molecule has 0 saturated carbocycles. The van der Waals surface area contributed by atoms with Gasteiger partial charge in [-0.25, -0.2) is 0 Å². The SMILES string of the molecule is CN(C)C(=O)C1(C(F)(F)F)Cc2ccccc2C1=O. The number of alkyl halides is 3. The molecular weight excluding hydrogens is 259 g/mol. The molecule has 1 aliphatic carbocycles. The van der Waals surface area contributed by atoms with Gasteiger partial charge in [0.1, 0.15) is 0 Å². The molecule has 3 nitrogen and oxygen atoms in total. The smallest absolute Gasteiger partial charge is 0.348 e. The van der Waals surface area contributed by atoms with E-state index in [4.69, 9.17) is 0 Å². The predicted molar refractivity (Wildman–Crippen MR) is 61.7 cm³/mol. The first-order valence-electron chi connectivity index (χ1n) is 5.63. The quantitative estimate of drug-likeness (QED) is 0.733. The summed E-state index contributed by atoms with van der Waals surface area (Å²) in [6, 6.07) is 5.82. The number of ketones is 1. The Bertz CT molecular complexity index is 551. The van der Waals surface area contributed by atoms with Crippen molar-refractivity contribution in [1.82, 2.24) is 4.90 Å². The lowest BCUT2D eigenvalue weighted by molar-refractivity contribution is -0.208. The highest BCUT2D eigenvalue weighted by atomic mass is 19.4. The molecule has 1 aliphatic rings. The molecule has 6 heteroatoms. The van der Waals surface area contributed by atoms with Crippen LogP contribution in [0, 0.1) is 5.41 Å². The second-order valence-corrected chi connectivity index (χ2v) is 4.77. The van der Waals surface area contributed by atoms with Crippen LogP contribution in [-0.2, 0) is 11.2 Å². The maximum atomic E-state index is 13.4. The van der Waals surface area contributed by atoms with Crippen LogP contribution in [-0.4, -0.2) is 36.9 Å². The van der Waals surface area contributed by atoms with Gasteiger partial charge in [-0.3, -0.25) is 9.59 Å². The molecular formula is C13H12F3NO2. The zero-order valence-electron chi connectivity index (χ0n) is 10.4. The van der Waals surface area contributed by atoms with Crippen molar-refractivity contribution in [3.8, 4) is 0 Å². The summed E-state index contributed by atoms with van der Waals surface area (Å²) in [6.07, 6.45) is -5.53. The lowest BCUT2D eigenvalue weighted by Crippen LogP contribution is -2.54. The molecule has 0 aliphatic heterocycles. The first kappa shape index (κ1) is 13.6. The number of amides is 1. The number of benzene rings is 1. The number of rotatable bonds is 1. The van der Waals surface area contributed by atoms with Crippen molar-refractivity contribution in [1.29, 1.82) is 0 Å². The van der Waals surface area contributed by atoms with Gasteiger partial charge in [0, 0.05) is 26.1 Å². The van der Waals surface area contributed by atoms with Gasteiger partial charge in [-0.15, -0.1) is 0 Å². The number of carbonyl (C=O) groups excluding carboxylic acids is 2. The van der Waals surface area contributed by atoms with E-state index < -0.39 is 29.7 Å². The highest BCUT2D eigenvalue weighted by Crippen LogP contribution is 2.49. The van der Waals surface area contributed by atoms with Crippen LogP contribution in [0.1, 0.15) is 15.9 Å². The van der Waals surface area contributed by atoms with Crippen molar-refractivity contribution >= 4 is 11.7 Å². The molecule has 1 amide bonds. The number of halogens is 3. The van der Waals surface area contributed by atoms with E-state index >= 15 is 0 Å². The van der Waals surface area contributed by atoms with Crippen LogP contribution in [0.2, 0.25) is 0 Å². The molecule has 0 saturated heterocycles. The van der Waals surface area contributed by atoms with E-state index in [0.717, 1.165) is 4.90 Å². The molecule has 0 aromatic heterocycles. The summed E-state index contributed by atoms with van der Waals surface area (Å²) in [5, 5.41) is 0. The molecule has 0 N–H and O–H groups in total. The molecule has 1 aromatic rings. The lowest BCUT2D eigenvalue weighted by atomic mass is 9.81. The van der Waals surface area contributed by atoms with Crippen molar-refractivity contribution in [3.05, 3.63) is 35.4 Å². The summed E-state index contributed by atoms with van der Waals surface area (Å²) in [5.74, 6) is -2.38. The molecule has 0 radical (unpaired) electrons. The second kappa shape index (κ2) is 4.08. The van der Waals surface area contributed by atoms with Crippen molar-refractivity contribution < 1.29 is 22.8 Å². The number of hydrogen-bond acceptors (Lipinski definition) is 2. The Morgan fingerprint density at radius 1 is 1.26 bits per heavy atom. The molecule has 19 heavy (non-hydrogen) atoms. The summed E-state index contributed by atoms with van der Waals surface area (Å²) in [7, 11) is 2.43. The third kappa shape index (κ3) is 1.74. The van der Waals surface area contributed by atoms with Crippen molar-refractivity contribution in [2.75, 3.05) is 14.1 Å². The Morgan fingerprint density at radius 2 is 1.84 bits per heavy atom. The molecule has 1 aromatic carbocycles. The summed E-state index contributed by atoms with van der Waals surface area (Å²) in [5.41, 5.74) is -2.73. The van der Waals surface area contributed by atoms with E-state index in [0.29, 0.717) is 0 Å². The molecule has 0 fully saturated rings. The average molecular weight is 271 g/mol. The Morgan fingerprint density at radius 3 is 2.32 bits per heavy atom. The van der Waals surface area contributed by atoms with Gasteiger partial charge >= 0.3 is 6.18 Å². The van der Waals surface area contributed by atoms with Crippen LogP contribution >= 0.6 is 0 Å².